The molecule has 0 unspecified atom stereocenters. The van der Waals surface area contributed by atoms with Crippen LogP contribution in [0.1, 0.15) is 211 Å². The highest BCUT2D eigenvalue weighted by Gasteiger charge is 2.45. The van der Waals surface area contributed by atoms with Crippen molar-refractivity contribution >= 4 is 100 Å². The van der Waals surface area contributed by atoms with E-state index in [-0.39, 0.29) is 50.0 Å². The molecular weight excluding hydrogens is 1200 g/mol. The molecule has 0 atom stereocenters. The van der Waals surface area contributed by atoms with Gasteiger partial charge in [0, 0.05) is 50.8 Å². The first-order valence-corrected chi connectivity index (χ1v) is 36.3. The van der Waals surface area contributed by atoms with Gasteiger partial charge in [-0.15, -0.1) is 0 Å². The lowest BCUT2D eigenvalue weighted by Crippen LogP contribution is -2.61. The third kappa shape index (κ3) is 12.5. The fourth-order valence-corrected chi connectivity index (χ4v) is 14.9. The minimum atomic E-state index is -0.183. The predicted octanol–water partition coefficient (Wildman–Crippen LogP) is 24.6. The first-order chi connectivity index (χ1) is 46.0. The summed E-state index contributed by atoms with van der Waals surface area (Å²) in [5.41, 5.74) is 24.8. The van der Waals surface area contributed by atoms with E-state index < -0.39 is 0 Å². The molecule has 99 heavy (non-hydrogen) atoms. The molecule has 14 rings (SSSR count). The van der Waals surface area contributed by atoms with Gasteiger partial charge in [0.2, 0.25) is 0 Å². The second-order valence-corrected chi connectivity index (χ2v) is 37.5. The molecule has 5 heteroatoms. The Bertz CT molecular complexity index is 4840. The molecule has 0 bridgehead atoms. The first-order valence-electron chi connectivity index (χ1n) is 36.3. The number of fused-ring (bicyclic) bond motifs is 8. The van der Waals surface area contributed by atoms with Gasteiger partial charge in [0.25, 0.3) is 6.71 Å². The van der Waals surface area contributed by atoms with Gasteiger partial charge in [0.05, 0.1) is 11.4 Å². The molecule has 0 saturated heterocycles. The molecule has 0 saturated carbocycles. The number of benzene rings is 11. The molecule has 4 nitrogen and oxygen atoms in total. The summed E-state index contributed by atoms with van der Waals surface area (Å²) in [5, 5.41) is 9.81. The van der Waals surface area contributed by atoms with Gasteiger partial charge in [-0.2, -0.15) is 0 Å². The Morgan fingerprint density at radius 3 is 0.798 bits per heavy atom. The highest BCUT2D eigenvalue weighted by molar-refractivity contribution is 7.00. The smallest absolute Gasteiger partial charge is 0.252 e. The number of hydrogen-bond donors (Lipinski definition) is 0. The van der Waals surface area contributed by atoms with Gasteiger partial charge < -0.3 is 9.80 Å². The Morgan fingerprint density at radius 1 is 0.242 bits per heavy atom. The highest BCUT2D eigenvalue weighted by Crippen LogP contribution is 2.51. The van der Waals surface area contributed by atoms with Crippen molar-refractivity contribution in [1.82, 2.24) is 9.97 Å². The van der Waals surface area contributed by atoms with Gasteiger partial charge in [0.15, 0.2) is 5.82 Å². The van der Waals surface area contributed by atoms with Crippen LogP contribution in [-0.4, -0.2) is 16.7 Å². The molecule has 0 N–H and O–H groups in total. The SMILES string of the molecule is CC(C)(C)c1cc(-c2cc(-c3cc4c5c(c3)N(c3cc(C(C)(C)C)cc(C(C)(C)C)c3)c3cc6cc7ccccc7cc6cc3B5c3cc5cc6ccccc6cc5cc3N4c3cc(C(C)(C)C)cc(C(C)(C)C)c3)nc(-c3cc(C(C)(C)C)cc(C(C)(C)C)c3)n2)cc(C(C)(C)C)c1. The number of rotatable bonds is 5. The van der Waals surface area contributed by atoms with E-state index in [0.717, 1.165) is 50.8 Å². The third-order valence-electron chi connectivity index (χ3n) is 21.4. The average Bonchev–Trinajstić information content (AvgIpc) is 0.688. The van der Waals surface area contributed by atoms with Crippen molar-refractivity contribution in [2.45, 2.75) is 209 Å². The average molecular weight is 1300 g/mol. The normalized spacial score (nSPS) is 14.0. The number of nitrogens with zero attached hydrogens (tertiary/aromatic N) is 4. The minimum absolute atomic E-state index is 0.125. The summed E-state index contributed by atoms with van der Waals surface area (Å²) in [6, 6.07) is 74.3. The fourth-order valence-electron chi connectivity index (χ4n) is 14.9. The summed E-state index contributed by atoms with van der Waals surface area (Å²) in [7, 11) is 0. The quantitative estimate of drug-likeness (QED) is 0.127. The Kier molecular flexibility index (Phi) is 15.6. The van der Waals surface area contributed by atoms with E-state index in [0.29, 0.717) is 5.82 Å². The molecule has 2 aliphatic rings. The van der Waals surface area contributed by atoms with Gasteiger partial charge in [-0.25, -0.2) is 9.97 Å². The lowest BCUT2D eigenvalue weighted by atomic mass is 9.33. The lowest BCUT2D eigenvalue weighted by molar-refractivity contribution is 0.568. The van der Waals surface area contributed by atoms with Crippen LogP contribution < -0.4 is 26.2 Å². The molecule has 0 spiro atoms. The largest absolute Gasteiger partial charge is 0.311 e. The van der Waals surface area contributed by atoms with Crippen molar-refractivity contribution in [2.24, 2.45) is 0 Å². The van der Waals surface area contributed by atoms with Crippen molar-refractivity contribution in [2.75, 3.05) is 9.80 Å². The molecule has 502 valence electrons. The molecule has 11 aromatic carbocycles. The second kappa shape index (κ2) is 22.9. The number of anilines is 6. The van der Waals surface area contributed by atoms with Gasteiger partial charge in [0.1, 0.15) is 0 Å². The van der Waals surface area contributed by atoms with E-state index >= 15 is 0 Å². The zero-order valence-corrected chi connectivity index (χ0v) is 63.8. The Balaban J connectivity index is 1.19. The summed E-state index contributed by atoms with van der Waals surface area (Å²) in [6.45, 7) is 56.2. The van der Waals surface area contributed by atoms with Gasteiger partial charge in [-0.3, -0.25) is 0 Å². The van der Waals surface area contributed by atoms with Crippen LogP contribution in [0.5, 0.6) is 0 Å². The van der Waals surface area contributed by atoms with E-state index in [1.165, 1.54) is 115 Å². The van der Waals surface area contributed by atoms with Crippen LogP contribution in [0.2, 0.25) is 0 Å². The monoisotopic (exact) mass is 1300 g/mol. The zero-order chi connectivity index (χ0) is 71.0. The third-order valence-corrected chi connectivity index (χ3v) is 21.4. The minimum Gasteiger partial charge on any atom is -0.311 e. The molecule has 0 amide bonds. The zero-order valence-electron chi connectivity index (χ0n) is 63.8. The van der Waals surface area contributed by atoms with E-state index in [4.69, 9.17) is 9.97 Å². The number of hydrogen-bond acceptors (Lipinski definition) is 4. The van der Waals surface area contributed by atoms with Crippen LogP contribution in [0.3, 0.4) is 0 Å². The van der Waals surface area contributed by atoms with E-state index in [1.807, 2.05) is 0 Å². The van der Waals surface area contributed by atoms with Crippen LogP contribution in [0.15, 0.2) is 188 Å². The number of aromatic nitrogens is 2. The van der Waals surface area contributed by atoms with Crippen LogP contribution in [0, 0.1) is 0 Å². The van der Waals surface area contributed by atoms with Crippen LogP contribution in [-0.2, 0) is 43.3 Å². The molecule has 0 fully saturated rings. The summed E-state index contributed by atoms with van der Waals surface area (Å²) < 4.78 is 0. The topological polar surface area (TPSA) is 32.3 Å². The maximum atomic E-state index is 6.01. The molecular formula is C94H103BN4. The van der Waals surface area contributed by atoms with Crippen molar-refractivity contribution in [1.29, 1.82) is 0 Å². The second-order valence-electron chi connectivity index (χ2n) is 37.5. The van der Waals surface area contributed by atoms with Gasteiger partial charge >= 0.3 is 0 Å². The van der Waals surface area contributed by atoms with Crippen molar-refractivity contribution in [3.05, 3.63) is 233 Å². The van der Waals surface area contributed by atoms with Crippen molar-refractivity contribution < 1.29 is 0 Å². The highest BCUT2D eigenvalue weighted by atomic mass is 15.2. The van der Waals surface area contributed by atoms with Crippen molar-refractivity contribution in [3.8, 4) is 33.9 Å². The summed E-state index contributed by atoms with van der Waals surface area (Å²) in [4.78, 5) is 17.2. The van der Waals surface area contributed by atoms with Gasteiger partial charge in [-0.05, 0) is 250 Å². The summed E-state index contributed by atoms with van der Waals surface area (Å²) in [6.07, 6.45) is 0. The standard InChI is InChI=1S/C94H103BN4/c1-87(2,3)67-37-64(38-68(47-67)88(4,5)6)79-55-80(97-86(96-79)66-39-69(89(7,8)9)48-70(40-66)90(10,11)12)65-45-83-85-84(46-65)99(76-53-73(93(19,20)21)50-74(54-76)94(22,23)24)82-44-63-36-59-32-28-26-30-57(59)34-61(63)42-78(82)95(85)77-41-60-33-56-29-25-27-31-58(56)35-62(60)43-81(77)98(83)75-51-71(91(13,14)15)49-72(52-75)92(16,17)18/h25-55H,1-24H3. The molecule has 0 radical (unpaired) electrons. The summed E-state index contributed by atoms with van der Waals surface area (Å²) in [5.74, 6) is 0.712. The lowest BCUT2D eigenvalue weighted by Gasteiger charge is -2.45. The molecule has 1 aromatic heterocycles. The van der Waals surface area contributed by atoms with Crippen molar-refractivity contribution in [3.63, 3.8) is 0 Å². The Labute approximate surface area is 592 Å². The van der Waals surface area contributed by atoms with E-state index in [1.54, 1.807) is 0 Å². The Hall–Kier alpha value is -8.80. The van der Waals surface area contributed by atoms with E-state index in [2.05, 4.69) is 364 Å². The predicted molar refractivity (Wildman–Crippen MR) is 432 cm³/mol. The Morgan fingerprint density at radius 2 is 0.505 bits per heavy atom. The molecule has 2 aliphatic heterocycles. The maximum Gasteiger partial charge on any atom is 0.252 e. The van der Waals surface area contributed by atoms with Gasteiger partial charge in [-0.1, -0.05) is 251 Å². The van der Waals surface area contributed by atoms with Crippen LogP contribution in [0.25, 0.3) is 77.0 Å². The summed E-state index contributed by atoms with van der Waals surface area (Å²) >= 11 is 0. The maximum absolute atomic E-state index is 6.01. The first kappa shape index (κ1) is 67.4. The van der Waals surface area contributed by atoms with Crippen LogP contribution >= 0.6 is 0 Å². The fraction of sp³-hybridized carbons (Fsp3) is 0.340. The van der Waals surface area contributed by atoms with E-state index in [9.17, 15) is 0 Å². The molecule has 0 aliphatic carbocycles. The van der Waals surface area contributed by atoms with Crippen LogP contribution in [0.4, 0.5) is 34.1 Å². The molecule has 3 heterocycles. The molecule has 12 aromatic rings.